The molecule has 0 bridgehead atoms. The lowest BCUT2D eigenvalue weighted by atomic mass is 10.0. The van der Waals surface area contributed by atoms with Crippen LogP contribution in [0, 0.1) is 12.8 Å². The Morgan fingerprint density at radius 3 is 2.45 bits per heavy atom. The molecule has 0 saturated carbocycles. The highest BCUT2D eigenvalue weighted by atomic mass is 16.6. The molecule has 2 aromatic carbocycles. The maximum atomic E-state index is 12.6. The van der Waals surface area contributed by atoms with Gasteiger partial charge in [-0.05, 0) is 42.7 Å². The van der Waals surface area contributed by atoms with Gasteiger partial charge < -0.3 is 14.8 Å². The Balaban J connectivity index is 1.96. The number of methoxy groups -OCH3 is 1. The minimum Gasteiger partial charge on any atom is -0.482 e. The standard InChI is InChI=1S/C23H27N3O5/c1-15(2)21(25-22(28)18-10-8-16(3)9-11-18)23(29)26-24-13-17-6-5-7-19(12-17)31-14-20(27)30-4/h5-13,15,21H,14H2,1-4H3,(H,25,28)(H,26,29)/b24-13+. The fourth-order valence-electron chi connectivity index (χ4n) is 2.59. The second-order valence-electron chi connectivity index (χ2n) is 7.23. The van der Waals surface area contributed by atoms with Gasteiger partial charge in [0.15, 0.2) is 6.61 Å². The zero-order valence-electron chi connectivity index (χ0n) is 18.0. The molecule has 8 nitrogen and oxygen atoms in total. The first-order valence-corrected chi connectivity index (χ1v) is 9.80. The van der Waals surface area contributed by atoms with Crippen molar-refractivity contribution >= 4 is 24.0 Å². The van der Waals surface area contributed by atoms with E-state index in [9.17, 15) is 14.4 Å². The van der Waals surface area contributed by atoms with Gasteiger partial charge in [-0.2, -0.15) is 5.10 Å². The summed E-state index contributed by atoms with van der Waals surface area (Å²) in [6.45, 7) is 5.41. The van der Waals surface area contributed by atoms with E-state index in [2.05, 4.69) is 20.6 Å². The highest BCUT2D eigenvalue weighted by Crippen LogP contribution is 2.12. The molecule has 164 valence electrons. The Bertz CT molecular complexity index is 938. The van der Waals surface area contributed by atoms with E-state index in [-0.39, 0.29) is 18.4 Å². The van der Waals surface area contributed by atoms with Crippen LogP contribution in [0.4, 0.5) is 0 Å². The third-order valence-electron chi connectivity index (χ3n) is 4.38. The molecule has 1 unspecified atom stereocenters. The van der Waals surface area contributed by atoms with Crippen LogP contribution in [0.2, 0.25) is 0 Å². The zero-order valence-corrected chi connectivity index (χ0v) is 18.0. The Labute approximate surface area is 181 Å². The van der Waals surface area contributed by atoms with Gasteiger partial charge in [0.25, 0.3) is 11.8 Å². The van der Waals surface area contributed by atoms with Crippen LogP contribution in [0.25, 0.3) is 0 Å². The highest BCUT2D eigenvalue weighted by Gasteiger charge is 2.24. The molecular formula is C23H27N3O5. The number of benzene rings is 2. The molecule has 1 atom stereocenters. The second-order valence-corrected chi connectivity index (χ2v) is 7.23. The van der Waals surface area contributed by atoms with E-state index in [1.807, 2.05) is 32.9 Å². The van der Waals surface area contributed by atoms with Gasteiger partial charge in [0.2, 0.25) is 0 Å². The summed E-state index contributed by atoms with van der Waals surface area (Å²) >= 11 is 0. The van der Waals surface area contributed by atoms with Crippen molar-refractivity contribution < 1.29 is 23.9 Å². The van der Waals surface area contributed by atoms with Gasteiger partial charge in [-0.1, -0.05) is 43.7 Å². The molecule has 2 N–H and O–H groups in total. The lowest BCUT2D eigenvalue weighted by molar-refractivity contribution is -0.142. The van der Waals surface area contributed by atoms with Crippen LogP contribution < -0.4 is 15.5 Å². The molecule has 0 aromatic heterocycles. The van der Waals surface area contributed by atoms with E-state index in [1.165, 1.54) is 13.3 Å². The van der Waals surface area contributed by atoms with Gasteiger partial charge >= 0.3 is 5.97 Å². The second kappa shape index (κ2) is 11.5. The summed E-state index contributed by atoms with van der Waals surface area (Å²) in [7, 11) is 1.28. The minimum absolute atomic E-state index is 0.139. The van der Waals surface area contributed by atoms with E-state index in [0.717, 1.165) is 5.56 Å². The zero-order chi connectivity index (χ0) is 22.8. The van der Waals surface area contributed by atoms with Crippen molar-refractivity contribution in [2.75, 3.05) is 13.7 Å². The molecule has 0 spiro atoms. The fourth-order valence-corrected chi connectivity index (χ4v) is 2.59. The first-order valence-electron chi connectivity index (χ1n) is 9.80. The van der Waals surface area contributed by atoms with Crippen LogP contribution in [-0.2, 0) is 14.3 Å². The van der Waals surface area contributed by atoms with Crippen molar-refractivity contribution in [3.8, 4) is 5.75 Å². The predicted molar refractivity (Wildman–Crippen MR) is 117 cm³/mol. The number of esters is 1. The van der Waals surface area contributed by atoms with Crippen molar-refractivity contribution in [3.05, 3.63) is 65.2 Å². The molecular weight excluding hydrogens is 398 g/mol. The van der Waals surface area contributed by atoms with Crippen LogP contribution >= 0.6 is 0 Å². The first-order chi connectivity index (χ1) is 14.8. The molecule has 2 aromatic rings. The minimum atomic E-state index is -0.749. The van der Waals surface area contributed by atoms with E-state index in [4.69, 9.17) is 4.74 Å². The van der Waals surface area contributed by atoms with E-state index in [0.29, 0.717) is 16.9 Å². The third kappa shape index (κ3) is 7.58. The molecule has 2 rings (SSSR count). The quantitative estimate of drug-likeness (QED) is 0.365. The van der Waals surface area contributed by atoms with Gasteiger partial charge in [-0.25, -0.2) is 10.2 Å². The van der Waals surface area contributed by atoms with Gasteiger partial charge in [0, 0.05) is 5.56 Å². The Kier molecular flexibility index (Phi) is 8.75. The number of amides is 2. The van der Waals surface area contributed by atoms with E-state index in [1.54, 1.807) is 36.4 Å². The van der Waals surface area contributed by atoms with Crippen LogP contribution in [0.3, 0.4) is 0 Å². The molecule has 0 radical (unpaired) electrons. The number of ether oxygens (including phenoxy) is 2. The predicted octanol–water partition coefficient (Wildman–Crippen LogP) is 2.45. The molecule has 8 heteroatoms. The number of carbonyl (C=O) groups excluding carboxylic acids is 3. The smallest absolute Gasteiger partial charge is 0.343 e. The molecule has 31 heavy (non-hydrogen) atoms. The number of nitrogens with one attached hydrogen (secondary N) is 2. The third-order valence-corrected chi connectivity index (χ3v) is 4.38. The van der Waals surface area contributed by atoms with Crippen molar-refractivity contribution in [2.24, 2.45) is 11.0 Å². The summed E-state index contributed by atoms with van der Waals surface area (Å²) in [6.07, 6.45) is 1.45. The van der Waals surface area contributed by atoms with Crippen LogP contribution in [0.1, 0.15) is 35.3 Å². The highest BCUT2D eigenvalue weighted by molar-refractivity contribution is 5.97. The number of hydrogen-bond acceptors (Lipinski definition) is 6. The average molecular weight is 425 g/mol. The molecule has 0 saturated heterocycles. The Hall–Kier alpha value is -3.68. The summed E-state index contributed by atoms with van der Waals surface area (Å²) in [6, 6.07) is 13.2. The molecule has 0 aliphatic carbocycles. The Morgan fingerprint density at radius 1 is 1.10 bits per heavy atom. The van der Waals surface area contributed by atoms with Crippen LogP contribution in [0.5, 0.6) is 5.75 Å². The normalized spacial score (nSPS) is 11.8. The van der Waals surface area contributed by atoms with Gasteiger partial charge in [-0.3, -0.25) is 9.59 Å². The lowest BCUT2D eigenvalue weighted by Gasteiger charge is -2.20. The molecule has 0 heterocycles. The summed E-state index contributed by atoms with van der Waals surface area (Å²) in [5, 5.41) is 6.72. The summed E-state index contributed by atoms with van der Waals surface area (Å²) in [4.78, 5) is 36.2. The first kappa shape index (κ1) is 23.6. The number of hydrazone groups is 1. The summed E-state index contributed by atoms with van der Waals surface area (Å²) in [5.74, 6) is -0.914. The summed E-state index contributed by atoms with van der Waals surface area (Å²) < 4.78 is 9.85. The average Bonchev–Trinajstić information content (AvgIpc) is 2.76. The Morgan fingerprint density at radius 2 is 1.81 bits per heavy atom. The van der Waals surface area contributed by atoms with Gasteiger partial charge in [0.1, 0.15) is 11.8 Å². The molecule has 0 fully saturated rings. The SMILES string of the molecule is COC(=O)COc1cccc(/C=N/NC(=O)C(NC(=O)c2ccc(C)cc2)C(C)C)c1. The van der Waals surface area contributed by atoms with Crippen molar-refractivity contribution in [3.63, 3.8) is 0 Å². The van der Waals surface area contributed by atoms with E-state index >= 15 is 0 Å². The number of rotatable bonds is 9. The monoisotopic (exact) mass is 425 g/mol. The molecule has 0 aliphatic heterocycles. The maximum absolute atomic E-state index is 12.6. The van der Waals surface area contributed by atoms with E-state index < -0.39 is 17.9 Å². The molecule has 0 aliphatic rings. The summed E-state index contributed by atoms with van der Waals surface area (Å²) in [5.41, 5.74) is 4.65. The van der Waals surface area contributed by atoms with Crippen LogP contribution in [-0.4, -0.2) is 43.8 Å². The number of carbonyl (C=O) groups is 3. The van der Waals surface area contributed by atoms with Gasteiger partial charge in [0.05, 0.1) is 13.3 Å². The topological polar surface area (TPSA) is 106 Å². The van der Waals surface area contributed by atoms with Crippen molar-refractivity contribution in [2.45, 2.75) is 26.8 Å². The number of nitrogens with zero attached hydrogens (tertiary/aromatic N) is 1. The largest absolute Gasteiger partial charge is 0.482 e. The molecule has 2 amide bonds. The number of hydrogen-bond donors (Lipinski definition) is 2. The van der Waals surface area contributed by atoms with Crippen molar-refractivity contribution in [1.29, 1.82) is 0 Å². The van der Waals surface area contributed by atoms with Crippen LogP contribution in [0.15, 0.2) is 53.6 Å². The lowest BCUT2D eigenvalue weighted by Crippen LogP contribution is -2.48. The van der Waals surface area contributed by atoms with Gasteiger partial charge in [-0.15, -0.1) is 0 Å². The maximum Gasteiger partial charge on any atom is 0.343 e. The van der Waals surface area contributed by atoms with Crippen molar-refractivity contribution in [1.82, 2.24) is 10.7 Å². The number of aryl methyl sites for hydroxylation is 1. The fraction of sp³-hybridized carbons (Fsp3) is 0.304.